The summed E-state index contributed by atoms with van der Waals surface area (Å²) in [5, 5.41) is 8.81. The molecule has 4 nitrogen and oxygen atoms in total. The van der Waals surface area contributed by atoms with Crippen LogP contribution >= 0.6 is 11.6 Å². The first-order chi connectivity index (χ1) is 6.65. The summed E-state index contributed by atoms with van der Waals surface area (Å²) < 4.78 is 5.05. The molecule has 0 radical (unpaired) electrons. The van der Waals surface area contributed by atoms with Gasteiger partial charge < -0.3 is 9.84 Å². The van der Waals surface area contributed by atoms with Crippen LogP contribution in [0.2, 0.25) is 5.02 Å². The summed E-state index contributed by atoms with van der Waals surface area (Å²) in [6, 6.07) is 1.27. The van der Waals surface area contributed by atoms with Gasteiger partial charge in [-0.1, -0.05) is 24.3 Å². The highest BCUT2D eigenvalue weighted by Crippen LogP contribution is 2.19. The summed E-state index contributed by atoms with van der Waals surface area (Å²) in [5.74, 6) is -0.896. The monoisotopic (exact) mass is 213 g/mol. The van der Waals surface area contributed by atoms with Crippen molar-refractivity contribution in [2.24, 2.45) is 0 Å². The minimum Gasteiger partial charge on any atom is -0.478 e. The van der Waals surface area contributed by atoms with E-state index >= 15 is 0 Å². The van der Waals surface area contributed by atoms with Crippen LogP contribution in [0.5, 0.6) is 5.88 Å². The lowest BCUT2D eigenvalue weighted by molar-refractivity contribution is 0.0696. The Kier molecular flexibility index (Phi) is 3.48. The Bertz CT molecular complexity index is 365. The molecule has 0 aliphatic heterocycles. The number of ether oxygens (including phenoxy) is 1. The molecule has 0 fully saturated rings. The molecule has 1 aromatic heterocycles. The van der Waals surface area contributed by atoms with Gasteiger partial charge in [-0.15, -0.1) is 0 Å². The van der Waals surface area contributed by atoms with Crippen LogP contribution in [0.15, 0.2) is 24.9 Å². The van der Waals surface area contributed by atoms with Crippen molar-refractivity contribution in [3.05, 3.63) is 35.5 Å². The Morgan fingerprint density at radius 1 is 1.79 bits per heavy atom. The van der Waals surface area contributed by atoms with Crippen molar-refractivity contribution in [3.8, 4) is 5.88 Å². The zero-order valence-corrected chi connectivity index (χ0v) is 7.99. The standard InChI is InChI=1S/C9H8ClNO3/c1-2-3-14-8-4-6(9(12)13)7(10)5-11-8/h2,4-5H,1,3H2,(H,12,13). The predicted molar refractivity (Wildman–Crippen MR) is 51.9 cm³/mol. The van der Waals surface area contributed by atoms with Crippen LogP contribution in [0.4, 0.5) is 0 Å². The summed E-state index contributed by atoms with van der Waals surface area (Å²) in [7, 11) is 0. The molecule has 14 heavy (non-hydrogen) atoms. The van der Waals surface area contributed by atoms with Gasteiger partial charge in [0.05, 0.1) is 16.8 Å². The number of hydrogen-bond donors (Lipinski definition) is 1. The van der Waals surface area contributed by atoms with Gasteiger partial charge >= 0.3 is 5.97 Å². The minimum absolute atomic E-state index is 0.0271. The van der Waals surface area contributed by atoms with Gasteiger partial charge in [-0.3, -0.25) is 0 Å². The fraction of sp³-hybridized carbons (Fsp3) is 0.111. The van der Waals surface area contributed by atoms with E-state index in [1.54, 1.807) is 0 Å². The Labute approximate surface area is 85.8 Å². The second-order valence-corrected chi connectivity index (χ2v) is 2.81. The summed E-state index contributed by atoms with van der Waals surface area (Å²) in [4.78, 5) is 14.5. The molecule has 0 spiro atoms. The van der Waals surface area contributed by atoms with E-state index in [0.717, 1.165) is 0 Å². The van der Waals surface area contributed by atoms with Gasteiger partial charge in [0.25, 0.3) is 0 Å². The lowest BCUT2D eigenvalue weighted by Gasteiger charge is -2.03. The molecule has 0 atom stereocenters. The summed E-state index contributed by atoms with van der Waals surface area (Å²) in [5.41, 5.74) is -0.0271. The van der Waals surface area contributed by atoms with Gasteiger partial charge in [0.1, 0.15) is 6.61 Å². The van der Waals surface area contributed by atoms with Crippen LogP contribution in [0.25, 0.3) is 0 Å². The van der Waals surface area contributed by atoms with Gasteiger partial charge in [0, 0.05) is 6.07 Å². The maximum Gasteiger partial charge on any atom is 0.337 e. The molecule has 0 saturated heterocycles. The van der Waals surface area contributed by atoms with Crippen LogP contribution in [0.1, 0.15) is 10.4 Å². The van der Waals surface area contributed by atoms with Gasteiger partial charge in [0.15, 0.2) is 0 Å². The number of halogens is 1. The van der Waals surface area contributed by atoms with Crippen LogP contribution in [-0.4, -0.2) is 22.7 Å². The molecule has 5 heteroatoms. The molecule has 0 amide bonds. The second kappa shape index (κ2) is 4.62. The second-order valence-electron chi connectivity index (χ2n) is 2.41. The van der Waals surface area contributed by atoms with Crippen molar-refractivity contribution in [2.75, 3.05) is 6.61 Å². The van der Waals surface area contributed by atoms with Crippen molar-refractivity contribution < 1.29 is 14.6 Å². The van der Waals surface area contributed by atoms with E-state index in [1.165, 1.54) is 18.3 Å². The fourth-order valence-corrected chi connectivity index (χ4v) is 0.991. The zero-order valence-electron chi connectivity index (χ0n) is 7.24. The Balaban J connectivity index is 2.94. The number of aromatic carboxylic acids is 1. The van der Waals surface area contributed by atoms with Gasteiger partial charge in [-0.05, 0) is 0 Å². The first-order valence-electron chi connectivity index (χ1n) is 3.77. The predicted octanol–water partition coefficient (Wildman–Crippen LogP) is 2.00. The molecule has 0 unspecified atom stereocenters. The van der Waals surface area contributed by atoms with E-state index in [0.29, 0.717) is 0 Å². The molecular formula is C9H8ClNO3. The van der Waals surface area contributed by atoms with Gasteiger partial charge in [-0.25, -0.2) is 9.78 Å². The Hall–Kier alpha value is -1.55. The van der Waals surface area contributed by atoms with E-state index in [4.69, 9.17) is 21.4 Å². The molecule has 0 aliphatic rings. The number of pyridine rings is 1. The van der Waals surface area contributed by atoms with Crippen molar-refractivity contribution in [1.29, 1.82) is 0 Å². The quantitative estimate of drug-likeness (QED) is 0.778. The maximum atomic E-state index is 10.7. The summed E-state index contributed by atoms with van der Waals surface area (Å²) in [6.45, 7) is 3.73. The van der Waals surface area contributed by atoms with E-state index in [9.17, 15) is 4.79 Å². The molecule has 1 aromatic rings. The number of rotatable bonds is 4. The fourth-order valence-electron chi connectivity index (χ4n) is 0.807. The van der Waals surface area contributed by atoms with Gasteiger partial charge in [0.2, 0.25) is 5.88 Å². The summed E-state index contributed by atoms with van der Waals surface area (Å²) in [6.07, 6.45) is 2.78. The van der Waals surface area contributed by atoms with Crippen molar-refractivity contribution in [3.63, 3.8) is 0 Å². The normalized spacial score (nSPS) is 9.50. The van der Waals surface area contributed by atoms with E-state index in [-0.39, 0.29) is 23.1 Å². The number of aromatic nitrogens is 1. The lowest BCUT2D eigenvalue weighted by Crippen LogP contribution is -2.01. The number of carboxylic acid groups (broad SMARTS) is 1. The SMILES string of the molecule is C=CCOc1cc(C(=O)O)c(Cl)cn1. The smallest absolute Gasteiger partial charge is 0.337 e. The molecule has 1 N–H and O–H groups in total. The first-order valence-corrected chi connectivity index (χ1v) is 4.15. The Morgan fingerprint density at radius 3 is 3.07 bits per heavy atom. The van der Waals surface area contributed by atoms with E-state index in [2.05, 4.69) is 11.6 Å². The molecule has 0 aliphatic carbocycles. The molecule has 0 aromatic carbocycles. The third kappa shape index (κ3) is 2.47. The molecule has 74 valence electrons. The molecule has 0 saturated carbocycles. The number of nitrogens with zero attached hydrogens (tertiary/aromatic N) is 1. The zero-order chi connectivity index (χ0) is 10.6. The number of carboxylic acids is 1. The van der Waals surface area contributed by atoms with Crippen molar-refractivity contribution in [2.45, 2.75) is 0 Å². The van der Waals surface area contributed by atoms with Crippen LogP contribution in [0, 0.1) is 0 Å². The van der Waals surface area contributed by atoms with Crippen molar-refractivity contribution in [1.82, 2.24) is 4.98 Å². The number of carbonyl (C=O) groups is 1. The summed E-state index contributed by atoms with van der Waals surface area (Å²) >= 11 is 5.61. The van der Waals surface area contributed by atoms with Crippen LogP contribution in [0.3, 0.4) is 0 Å². The highest BCUT2D eigenvalue weighted by molar-refractivity contribution is 6.33. The molecule has 0 bridgehead atoms. The first kappa shape index (κ1) is 10.5. The van der Waals surface area contributed by atoms with E-state index in [1.807, 2.05) is 0 Å². The number of hydrogen-bond acceptors (Lipinski definition) is 3. The average molecular weight is 214 g/mol. The third-order valence-corrected chi connectivity index (χ3v) is 1.71. The highest BCUT2D eigenvalue weighted by Gasteiger charge is 2.10. The Morgan fingerprint density at radius 2 is 2.50 bits per heavy atom. The molecular weight excluding hydrogens is 206 g/mol. The molecule has 1 heterocycles. The molecule has 1 rings (SSSR count). The third-order valence-electron chi connectivity index (χ3n) is 1.41. The van der Waals surface area contributed by atoms with E-state index < -0.39 is 5.97 Å². The lowest BCUT2D eigenvalue weighted by atomic mass is 10.3. The minimum atomic E-state index is -1.11. The maximum absolute atomic E-state index is 10.7. The topological polar surface area (TPSA) is 59.4 Å². The largest absolute Gasteiger partial charge is 0.478 e. The van der Waals surface area contributed by atoms with Crippen LogP contribution in [-0.2, 0) is 0 Å². The van der Waals surface area contributed by atoms with Crippen LogP contribution < -0.4 is 4.74 Å². The van der Waals surface area contributed by atoms with Crippen molar-refractivity contribution >= 4 is 17.6 Å². The average Bonchev–Trinajstić information content (AvgIpc) is 2.16. The van der Waals surface area contributed by atoms with Gasteiger partial charge in [-0.2, -0.15) is 0 Å². The highest BCUT2D eigenvalue weighted by atomic mass is 35.5.